The number of fused-ring (bicyclic) bond motifs is 1. The molecule has 0 aliphatic carbocycles. The van der Waals surface area contributed by atoms with Crippen LogP contribution in [-0.2, 0) is 0 Å². The first-order valence-corrected chi connectivity index (χ1v) is 9.19. The average molecular weight is 378 g/mol. The molecule has 1 aromatic heterocycles. The van der Waals surface area contributed by atoms with Crippen LogP contribution in [0.25, 0.3) is 0 Å². The third-order valence-corrected chi connectivity index (χ3v) is 3.95. The highest BCUT2D eigenvalue weighted by Crippen LogP contribution is 2.33. The Labute approximate surface area is 163 Å². The van der Waals surface area contributed by atoms with Crippen molar-refractivity contribution in [3.8, 4) is 17.2 Å². The number of benzene rings is 2. The van der Waals surface area contributed by atoms with Gasteiger partial charge in [-0.05, 0) is 56.3 Å². The molecular formula is C21H22N4O3. The van der Waals surface area contributed by atoms with Crippen LogP contribution >= 0.6 is 0 Å². The molecule has 0 spiro atoms. The second-order valence-electron chi connectivity index (χ2n) is 6.56. The maximum absolute atomic E-state index is 5.66. The summed E-state index contributed by atoms with van der Waals surface area (Å²) < 4.78 is 16.8. The second-order valence-corrected chi connectivity index (χ2v) is 6.56. The van der Waals surface area contributed by atoms with Crippen LogP contribution in [0.3, 0.4) is 0 Å². The number of hydrogen-bond donors (Lipinski definition) is 2. The summed E-state index contributed by atoms with van der Waals surface area (Å²) in [6.45, 7) is 5.13. The molecule has 2 aromatic carbocycles. The molecule has 28 heavy (non-hydrogen) atoms. The maximum Gasteiger partial charge on any atom is 0.229 e. The molecule has 1 aliphatic rings. The van der Waals surface area contributed by atoms with Crippen molar-refractivity contribution < 1.29 is 14.2 Å². The molecule has 0 radical (unpaired) electrons. The fourth-order valence-corrected chi connectivity index (χ4v) is 2.78. The first-order valence-electron chi connectivity index (χ1n) is 9.19. The summed E-state index contributed by atoms with van der Waals surface area (Å²) in [7, 11) is 0. The van der Waals surface area contributed by atoms with E-state index in [9.17, 15) is 0 Å². The first-order chi connectivity index (χ1) is 13.7. The largest absolute Gasteiger partial charge is 0.491 e. The lowest BCUT2D eigenvalue weighted by Gasteiger charge is -2.19. The van der Waals surface area contributed by atoms with Gasteiger partial charge in [-0.1, -0.05) is 0 Å². The lowest BCUT2D eigenvalue weighted by molar-refractivity contribution is 0.171. The summed E-state index contributed by atoms with van der Waals surface area (Å²) in [5.41, 5.74) is 1.75. The molecule has 0 fully saturated rings. The Morgan fingerprint density at radius 3 is 2.43 bits per heavy atom. The van der Waals surface area contributed by atoms with Gasteiger partial charge in [0, 0.05) is 23.6 Å². The Bertz CT molecular complexity index is 945. The molecule has 0 unspecified atom stereocenters. The zero-order valence-corrected chi connectivity index (χ0v) is 15.8. The molecular weight excluding hydrogens is 356 g/mol. The average Bonchev–Trinajstić information content (AvgIpc) is 2.69. The fourth-order valence-electron chi connectivity index (χ4n) is 2.78. The summed E-state index contributed by atoms with van der Waals surface area (Å²) in [6.07, 6.45) is 1.84. The van der Waals surface area contributed by atoms with Crippen LogP contribution in [0.2, 0.25) is 0 Å². The lowest BCUT2D eigenvalue weighted by atomic mass is 10.2. The zero-order chi connectivity index (χ0) is 19.3. The normalized spacial score (nSPS) is 12.5. The maximum atomic E-state index is 5.66. The molecule has 0 amide bonds. The van der Waals surface area contributed by atoms with Gasteiger partial charge in [0.15, 0.2) is 11.5 Å². The van der Waals surface area contributed by atoms with Gasteiger partial charge >= 0.3 is 0 Å². The van der Waals surface area contributed by atoms with Crippen molar-refractivity contribution in [2.75, 3.05) is 23.8 Å². The van der Waals surface area contributed by atoms with E-state index in [1.54, 1.807) is 6.20 Å². The molecule has 7 heteroatoms. The summed E-state index contributed by atoms with van der Waals surface area (Å²) in [5, 5.41) is 6.46. The summed E-state index contributed by atoms with van der Waals surface area (Å²) in [6, 6.07) is 15.2. The van der Waals surface area contributed by atoms with Crippen LogP contribution < -0.4 is 24.8 Å². The molecule has 2 heterocycles. The predicted octanol–water partition coefficient (Wildman–Crippen LogP) is 4.52. The molecule has 0 saturated carbocycles. The lowest BCUT2D eigenvalue weighted by Crippen LogP contribution is -2.15. The van der Waals surface area contributed by atoms with Crippen LogP contribution in [0.4, 0.5) is 23.1 Å². The van der Waals surface area contributed by atoms with Crippen molar-refractivity contribution in [2.45, 2.75) is 20.0 Å². The van der Waals surface area contributed by atoms with E-state index in [0.717, 1.165) is 28.6 Å². The van der Waals surface area contributed by atoms with Gasteiger partial charge < -0.3 is 24.8 Å². The van der Waals surface area contributed by atoms with Gasteiger partial charge in [0.05, 0.1) is 6.10 Å². The number of hydrogen-bond acceptors (Lipinski definition) is 7. The zero-order valence-electron chi connectivity index (χ0n) is 15.8. The van der Waals surface area contributed by atoms with Gasteiger partial charge in [-0.3, -0.25) is 0 Å². The van der Waals surface area contributed by atoms with Gasteiger partial charge in [-0.15, -0.1) is 0 Å². The quantitative estimate of drug-likeness (QED) is 0.653. The smallest absolute Gasteiger partial charge is 0.229 e. The molecule has 0 bridgehead atoms. The van der Waals surface area contributed by atoms with Gasteiger partial charge in [-0.2, -0.15) is 4.98 Å². The van der Waals surface area contributed by atoms with Gasteiger partial charge in [0.25, 0.3) is 0 Å². The Morgan fingerprint density at radius 1 is 0.893 bits per heavy atom. The van der Waals surface area contributed by atoms with E-state index in [1.165, 1.54) is 0 Å². The van der Waals surface area contributed by atoms with E-state index >= 15 is 0 Å². The Hall–Kier alpha value is -3.48. The second kappa shape index (κ2) is 8.04. The first kappa shape index (κ1) is 17.9. The Balaban J connectivity index is 1.44. The van der Waals surface area contributed by atoms with E-state index in [2.05, 4.69) is 20.6 Å². The van der Waals surface area contributed by atoms with Crippen LogP contribution in [0.5, 0.6) is 17.2 Å². The predicted molar refractivity (Wildman–Crippen MR) is 108 cm³/mol. The van der Waals surface area contributed by atoms with E-state index < -0.39 is 0 Å². The van der Waals surface area contributed by atoms with Crippen molar-refractivity contribution in [1.29, 1.82) is 0 Å². The number of nitrogens with zero attached hydrogens (tertiary/aromatic N) is 2. The molecule has 0 atom stereocenters. The highest BCUT2D eigenvalue weighted by atomic mass is 16.6. The number of ether oxygens (including phenoxy) is 3. The van der Waals surface area contributed by atoms with E-state index in [0.29, 0.717) is 25.0 Å². The number of nitrogens with one attached hydrogen (secondary N) is 2. The molecule has 7 nitrogen and oxygen atoms in total. The van der Waals surface area contributed by atoms with Crippen molar-refractivity contribution in [3.05, 3.63) is 54.7 Å². The molecule has 144 valence electrons. The standard InChI is InChI=1S/C21H22N4O3/c1-14(2)28-17-6-3-15(4-7-17)24-21-22-10-9-20(25-21)23-16-5-8-18-19(13-16)27-12-11-26-18/h3-10,13-14H,11-12H2,1-2H3,(H2,22,23,24,25). The van der Waals surface area contributed by atoms with Crippen LogP contribution in [0.1, 0.15) is 13.8 Å². The number of rotatable bonds is 6. The molecule has 1 aliphatic heterocycles. The molecule has 3 aromatic rings. The van der Waals surface area contributed by atoms with Crippen LogP contribution in [0, 0.1) is 0 Å². The molecule has 2 N–H and O–H groups in total. The van der Waals surface area contributed by atoms with Crippen molar-refractivity contribution in [2.24, 2.45) is 0 Å². The third kappa shape index (κ3) is 4.43. The molecule has 4 rings (SSSR count). The Morgan fingerprint density at radius 2 is 1.64 bits per heavy atom. The van der Waals surface area contributed by atoms with Crippen molar-refractivity contribution in [3.63, 3.8) is 0 Å². The highest BCUT2D eigenvalue weighted by molar-refractivity contribution is 5.63. The van der Waals surface area contributed by atoms with Gasteiger partial charge in [0.1, 0.15) is 24.8 Å². The number of aromatic nitrogens is 2. The van der Waals surface area contributed by atoms with E-state index in [1.807, 2.05) is 62.4 Å². The van der Waals surface area contributed by atoms with Crippen LogP contribution in [-0.4, -0.2) is 29.3 Å². The van der Waals surface area contributed by atoms with E-state index in [-0.39, 0.29) is 6.10 Å². The monoisotopic (exact) mass is 378 g/mol. The fraction of sp³-hybridized carbons (Fsp3) is 0.238. The minimum absolute atomic E-state index is 0.144. The van der Waals surface area contributed by atoms with Gasteiger partial charge in [-0.25, -0.2) is 4.98 Å². The summed E-state index contributed by atoms with van der Waals surface area (Å²) >= 11 is 0. The minimum Gasteiger partial charge on any atom is -0.491 e. The summed E-state index contributed by atoms with van der Waals surface area (Å²) in [4.78, 5) is 8.79. The van der Waals surface area contributed by atoms with E-state index in [4.69, 9.17) is 14.2 Å². The van der Waals surface area contributed by atoms with Crippen molar-refractivity contribution in [1.82, 2.24) is 9.97 Å². The van der Waals surface area contributed by atoms with Crippen molar-refractivity contribution >= 4 is 23.1 Å². The minimum atomic E-state index is 0.144. The van der Waals surface area contributed by atoms with Gasteiger partial charge in [0.2, 0.25) is 5.95 Å². The summed E-state index contributed by atoms with van der Waals surface area (Å²) in [5.74, 6) is 3.49. The third-order valence-electron chi connectivity index (χ3n) is 3.95. The molecule has 0 saturated heterocycles. The number of anilines is 4. The Kier molecular flexibility index (Phi) is 5.14. The van der Waals surface area contributed by atoms with Crippen LogP contribution in [0.15, 0.2) is 54.7 Å². The highest BCUT2D eigenvalue weighted by Gasteiger charge is 2.12. The SMILES string of the molecule is CC(C)Oc1ccc(Nc2nccc(Nc3ccc4c(c3)OCCO4)n2)cc1. The topological polar surface area (TPSA) is 77.5 Å².